The number of nitrogens with one attached hydrogen (secondary N) is 1. The van der Waals surface area contributed by atoms with E-state index in [1.165, 1.54) is 18.4 Å². The first-order valence-electron chi connectivity index (χ1n) is 8.28. The molecular weight excluding hydrogens is 308 g/mol. The number of thiazole rings is 1. The van der Waals surface area contributed by atoms with Gasteiger partial charge in [0.1, 0.15) is 0 Å². The predicted octanol–water partition coefficient (Wildman–Crippen LogP) is 2.93. The molecule has 4 rings (SSSR count). The van der Waals surface area contributed by atoms with Crippen LogP contribution in [-0.2, 0) is 11.3 Å². The summed E-state index contributed by atoms with van der Waals surface area (Å²) in [4.78, 5) is 11.5. The van der Waals surface area contributed by atoms with Crippen molar-refractivity contribution in [3.05, 3.63) is 41.2 Å². The monoisotopic (exact) mass is 330 g/mol. The number of morpholine rings is 1. The molecule has 2 aliphatic rings. The third-order valence-electron chi connectivity index (χ3n) is 4.45. The molecule has 1 saturated carbocycles. The lowest BCUT2D eigenvalue weighted by Gasteiger charge is -2.34. The van der Waals surface area contributed by atoms with Crippen LogP contribution in [0.5, 0.6) is 0 Å². The Morgan fingerprint density at radius 2 is 2.35 bits per heavy atom. The van der Waals surface area contributed by atoms with Gasteiger partial charge in [-0.3, -0.25) is 9.88 Å². The van der Waals surface area contributed by atoms with E-state index < -0.39 is 0 Å². The molecule has 1 saturated heterocycles. The Hall–Kier alpha value is -1.50. The lowest BCUT2D eigenvalue weighted by atomic mass is 10.1. The zero-order chi connectivity index (χ0) is 15.5. The average Bonchev–Trinajstić information content (AvgIpc) is 3.31. The highest BCUT2D eigenvalue weighted by molar-refractivity contribution is 7.13. The first-order valence-corrected chi connectivity index (χ1v) is 9.16. The Bertz CT molecular complexity index is 629. The molecule has 0 spiro atoms. The highest BCUT2D eigenvalue weighted by Crippen LogP contribution is 2.31. The van der Waals surface area contributed by atoms with E-state index in [-0.39, 0.29) is 6.04 Å². The van der Waals surface area contributed by atoms with Gasteiger partial charge in [0.2, 0.25) is 0 Å². The number of rotatable bonds is 6. The number of hydrogen-bond donors (Lipinski definition) is 1. The maximum Gasteiger partial charge on any atom is 0.182 e. The van der Waals surface area contributed by atoms with Crippen molar-refractivity contribution >= 4 is 16.5 Å². The number of anilines is 1. The van der Waals surface area contributed by atoms with Crippen molar-refractivity contribution in [3.63, 3.8) is 0 Å². The van der Waals surface area contributed by atoms with Gasteiger partial charge in [-0.1, -0.05) is 6.07 Å². The van der Waals surface area contributed by atoms with Crippen molar-refractivity contribution in [2.24, 2.45) is 5.92 Å². The van der Waals surface area contributed by atoms with Crippen molar-refractivity contribution in [2.45, 2.75) is 25.4 Å². The maximum atomic E-state index is 5.71. The lowest BCUT2D eigenvalue weighted by molar-refractivity contribution is -0.0140. The average molecular weight is 330 g/mol. The highest BCUT2D eigenvalue weighted by Gasteiger charge is 2.27. The molecule has 23 heavy (non-hydrogen) atoms. The van der Waals surface area contributed by atoms with Gasteiger partial charge >= 0.3 is 0 Å². The summed E-state index contributed by atoms with van der Waals surface area (Å²) in [5.74, 6) is 0.863. The molecule has 3 heterocycles. The minimum absolute atomic E-state index is 0.233. The van der Waals surface area contributed by atoms with Crippen LogP contribution >= 0.6 is 11.3 Å². The molecule has 1 atom stereocenters. The van der Waals surface area contributed by atoms with Gasteiger partial charge < -0.3 is 10.1 Å². The molecule has 2 fully saturated rings. The van der Waals surface area contributed by atoms with Gasteiger partial charge in [-0.25, -0.2) is 4.98 Å². The maximum absolute atomic E-state index is 5.71. The van der Waals surface area contributed by atoms with Crippen LogP contribution < -0.4 is 5.32 Å². The molecule has 0 bridgehead atoms. The predicted molar refractivity (Wildman–Crippen MR) is 91.5 cm³/mol. The van der Waals surface area contributed by atoms with Crippen molar-refractivity contribution < 1.29 is 4.74 Å². The molecule has 1 aliphatic carbocycles. The van der Waals surface area contributed by atoms with Crippen molar-refractivity contribution in [3.8, 4) is 0 Å². The summed E-state index contributed by atoms with van der Waals surface area (Å²) in [5.41, 5.74) is 2.36. The second-order valence-electron chi connectivity index (χ2n) is 6.32. The summed E-state index contributed by atoms with van der Waals surface area (Å²) < 4.78 is 5.71. The van der Waals surface area contributed by atoms with Crippen LogP contribution in [0.25, 0.3) is 0 Å². The Balaban J connectivity index is 1.44. The van der Waals surface area contributed by atoms with Crippen LogP contribution in [0.1, 0.15) is 30.1 Å². The molecule has 0 amide bonds. The van der Waals surface area contributed by atoms with E-state index in [0.29, 0.717) is 6.61 Å². The summed E-state index contributed by atoms with van der Waals surface area (Å²) in [6, 6.07) is 4.35. The standard InChI is InChI=1S/C17H22N4OS/c1-2-14(8-18-5-1)10-21-6-7-22-11-16(21)15-12-23-17(20-15)19-9-13-3-4-13/h1-2,5,8,12-13,16H,3-4,6-7,9-11H2,(H,19,20)/t16-/m0/s1. The molecule has 6 heteroatoms. The van der Waals surface area contributed by atoms with Gasteiger partial charge in [-0.15, -0.1) is 11.3 Å². The number of hydrogen-bond acceptors (Lipinski definition) is 6. The fraction of sp³-hybridized carbons (Fsp3) is 0.529. The number of nitrogens with zero attached hydrogens (tertiary/aromatic N) is 3. The second kappa shape index (κ2) is 6.95. The van der Waals surface area contributed by atoms with Crippen molar-refractivity contribution in [1.82, 2.24) is 14.9 Å². The third kappa shape index (κ3) is 3.88. The van der Waals surface area contributed by atoms with E-state index >= 15 is 0 Å². The summed E-state index contributed by atoms with van der Waals surface area (Å²) >= 11 is 1.70. The van der Waals surface area contributed by atoms with Gasteiger partial charge in [-0.2, -0.15) is 0 Å². The first-order chi connectivity index (χ1) is 11.4. The fourth-order valence-corrected chi connectivity index (χ4v) is 3.67. The fourth-order valence-electron chi connectivity index (χ4n) is 2.90. The van der Waals surface area contributed by atoms with Crippen LogP contribution in [0, 0.1) is 5.92 Å². The molecule has 0 unspecified atom stereocenters. The molecule has 1 N–H and O–H groups in total. The minimum atomic E-state index is 0.233. The normalized spacial score (nSPS) is 22.2. The van der Waals surface area contributed by atoms with Crippen LogP contribution in [0.15, 0.2) is 29.9 Å². The number of ether oxygens (including phenoxy) is 1. The van der Waals surface area contributed by atoms with E-state index in [4.69, 9.17) is 9.72 Å². The molecule has 0 aromatic carbocycles. The van der Waals surface area contributed by atoms with Gasteiger partial charge in [0, 0.05) is 37.4 Å². The SMILES string of the molecule is c1cncc(CN2CCOC[C@H]2c2csc(NCC3CC3)n2)c1. The summed E-state index contributed by atoms with van der Waals surface area (Å²) in [6.45, 7) is 4.39. The number of aromatic nitrogens is 2. The Labute approximate surface area is 140 Å². The Morgan fingerprint density at radius 3 is 3.17 bits per heavy atom. The van der Waals surface area contributed by atoms with Crippen LogP contribution in [0.2, 0.25) is 0 Å². The summed E-state index contributed by atoms with van der Waals surface area (Å²) in [7, 11) is 0. The Kier molecular flexibility index (Phi) is 4.55. The lowest BCUT2D eigenvalue weighted by Crippen LogP contribution is -2.39. The molecule has 2 aromatic heterocycles. The Morgan fingerprint density at radius 1 is 1.39 bits per heavy atom. The molecule has 1 aliphatic heterocycles. The van der Waals surface area contributed by atoms with E-state index in [1.807, 2.05) is 18.5 Å². The minimum Gasteiger partial charge on any atom is -0.378 e. The van der Waals surface area contributed by atoms with Gasteiger partial charge in [0.05, 0.1) is 24.9 Å². The summed E-state index contributed by atoms with van der Waals surface area (Å²) in [6.07, 6.45) is 6.48. The van der Waals surface area contributed by atoms with E-state index in [9.17, 15) is 0 Å². The highest BCUT2D eigenvalue weighted by atomic mass is 32.1. The van der Waals surface area contributed by atoms with Crippen molar-refractivity contribution in [1.29, 1.82) is 0 Å². The smallest absolute Gasteiger partial charge is 0.182 e. The summed E-state index contributed by atoms with van der Waals surface area (Å²) in [5, 5.41) is 6.68. The van der Waals surface area contributed by atoms with E-state index in [0.717, 1.165) is 43.0 Å². The topological polar surface area (TPSA) is 50.3 Å². The van der Waals surface area contributed by atoms with E-state index in [1.54, 1.807) is 11.3 Å². The molecule has 2 aromatic rings. The van der Waals surface area contributed by atoms with Crippen molar-refractivity contribution in [2.75, 3.05) is 31.6 Å². The number of pyridine rings is 1. The van der Waals surface area contributed by atoms with Gasteiger partial charge in [-0.05, 0) is 30.4 Å². The van der Waals surface area contributed by atoms with Gasteiger partial charge in [0.15, 0.2) is 5.13 Å². The van der Waals surface area contributed by atoms with Crippen LogP contribution in [-0.4, -0.2) is 41.2 Å². The quantitative estimate of drug-likeness (QED) is 0.882. The molecule has 0 radical (unpaired) electrons. The third-order valence-corrected chi connectivity index (χ3v) is 5.27. The first kappa shape index (κ1) is 15.1. The molecule has 5 nitrogen and oxygen atoms in total. The van der Waals surface area contributed by atoms with E-state index in [2.05, 4.69) is 26.6 Å². The van der Waals surface area contributed by atoms with Gasteiger partial charge in [0.25, 0.3) is 0 Å². The molecule has 122 valence electrons. The zero-order valence-corrected chi connectivity index (χ0v) is 14.0. The second-order valence-corrected chi connectivity index (χ2v) is 7.18. The molecular formula is C17H22N4OS. The largest absolute Gasteiger partial charge is 0.378 e. The van der Waals surface area contributed by atoms with Crippen LogP contribution in [0.3, 0.4) is 0 Å². The van der Waals surface area contributed by atoms with Crippen LogP contribution in [0.4, 0.5) is 5.13 Å². The zero-order valence-electron chi connectivity index (χ0n) is 13.1.